The molecule has 2 aromatic rings. The van der Waals surface area contributed by atoms with Crippen LogP contribution in [0.2, 0.25) is 0 Å². The Kier molecular flexibility index (Phi) is 3.81. The maximum atomic E-state index is 11.5. The number of ether oxygens (including phenoxy) is 1. The van der Waals surface area contributed by atoms with Gasteiger partial charge in [-0.2, -0.15) is 0 Å². The first-order valence-corrected chi connectivity index (χ1v) is 7.03. The van der Waals surface area contributed by atoms with Crippen molar-refractivity contribution in [3.8, 4) is 0 Å². The average Bonchev–Trinajstić information content (AvgIpc) is 2.55. The zero-order chi connectivity index (χ0) is 14.7. The fourth-order valence-electron chi connectivity index (χ4n) is 2.71. The predicted molar refractivity (Wildman–Crippen MR) is 79.1 cm³/mol. The molecular weight excluding hydrogens is 266 g/mol. The van der Waals surface area contributed by atoms with Gasteiger partial charge in [0.15, 0.2) is 0 Å². The summed E-state index contributed by atoms with van der Waals surface area (Å²) in [4.78, 5) is 19.6. The van der Waals surface area contributed by atoms with E-state index in [1.54, 1.807) is 12.3 Å². The lowest BCUT2D eigenvalue weighted by atomic mass is 9.88. The third-order valence-electron chi connectivity index (χ3n) is 3.72. The van der Waals surface area contributed by atoms with Crippen molar-refractivity contribution in [2.24, 2.45) is 0 Å². The zero-order valence-electron chi connectivity index (χ0n) is 11.9. The molecule has 0 aliphatic heterocycles. The maximum absolute atomic E-state index is 11.5. The number of hydrogen-bond donors (Lipinski definition) is 1. The van der Waals surface area contributed by atoms with Gasteiger partial charge in [0, 0.05) is 6.20 Å². The summed E-state index contributed by atoms with van der Waals surface area (Å²) in [5, 5.41) is 3.40. The fourth-order valence-corrected chi connectivity index (χ4v) is 2.71. The number of hydrogen-bond acceptors (Lipinski definition) is 5. The number of aromatic nitrogens is 2. The molecule has 5 nitrogen and oxygen atoms in total. The molecular formula is C16H17N3O2. The number of anilines is 1. The number of carbonyl (C=O) groups excluding carboxylic acids is 1. The van der Waals surface area contributed by atoms with Crippen molar-refractivity contribution in [2.75, 3.05) is 12.4 Å². The SMILES string of the molecule is COC(=O)c1nccc(NC2CCCc3ccccc32)n1. The molecule has 0 saturated heterocycles. The van der Waals surface area contributed by atoms with E-state index in [1.807, 2.05) is 0 Å². The van der Waals surface area contributed by atoms with E-state index in [1.165, 1.54) is 18.2 Å². The van der Waals surface area contributed by atoms with Gasteiger partial charge in [-0.25, -0.2) is 14.8 Å². The Morgan fingerprint density at radius 2 is 2.19 bits per heavy atom. The van der Waals surface area contributed by atoms with Gasteiger partial charge in [-0.3, -0.25) is 0 Å². The Hall–Kier alpha value is -2.43. The minimum Gasteiger partial charge on any atom is -0.463 e. The van der Waals surface area contributed by atoms with Crippen LogP contribution in [0, 0.1) is 0 Å². The molecule has 1 atom stereocenters. The number of benzene rings is 1. The molecule has 5 heteroatoms. The summed E-state index contributed by atoms with van der Waals surface area (Å²) in [7, 11) is 1.32. The molecule has 0 bridgehead atoms. The van der Waals surface area contributed by atoms with Gasteiger partial charge in [-0.05, 0) is 36.5 Å². The molecule has 108 valence electrons. The first-order valence-electron chi connectivity index (χ1n) is 7.03. The van der Waals surface area contributed by atoms with Crippen LogP contribution in [0.3, 0.4) is 0 Å². The lowest BCUT2D eigenvalue weighted by molar-refractivity contribution is 0.0587. The first-order chi connectivity index (χ1) is 10.3. The van der Waals surface area contributed by atoms with Crippen molar-refractivity contribution >= 4 is 11.8 Å². The van der Waals surface area contributed by atoms with Gasteiger partial charge in [-0.1, -0.05) is 24.3 Å². The first kappa shape index (κ1) is 13.5. The third kappa shape index (κ3) is 2.86. The summed E-state index contributed by atoms with van der Waals surface area (Å²) in [5.74, 6) is 0.196. The molecule has 1 unspecified atom stereocenters. The van der Waals surface area contributed by atoms with E-state index in [0.29, 0.717) is 5.82 Å². The Morgan fingerprint density at radius 1 is 1.33 bits per heavy atom. The van der Waals surface area contributed by atoms with Crippen LogP contribution in [0.4, 0.5) is 5.82 Å². The fraction of sp³-hybridized carbons (Fsp3) is 0.312. The van der Waals surface area contributed by atoms with Gasteiger partial charge in [0.2, 0.25) is 5.82 Å². The molecule has 21 heavy (non-hydrogen) atoms. The molecule has 1 aromatic heterocycles. The number of rotatable bonds is 3. The molecule has 0 radical (unpaired) electrons. The van der Waals surface area contributed by atoms with Gasteiger partial charge in [0.25, 0.3) is 0 Å². The Balaban J connectivity index is 1.83. The molecule has 0 saturated carbocycles. The van der Waals surface area contributed by atoms with Crippen molar-refractivity contribution in [3.05, 3.63) is 53.5 Å². The predicted octanol–water partition coefficient (Wildman–Crippen LogP) is 2.75. The van der Waals surface area contributed by atoms with Gasteiger partial charge in [0.1, 0.15) is 5.82 Å². The highest BCUT2D eigenvalue weighted by molar-refractivity contribution is 5.85. The monoisotopic (exact) mass is 283 g/mol. The van der Waals surface area contributed by atoms with Gasteiger partial charge in [-0.15, -0.1) is 0 Å². The van der Waals surface area contributed by atoms with E-state index in [2.05, 4.69) is 44.3 Å². The second-order valence-corrected chi connectivity index (χ2v) is 5.05. The van der Waals surface area contributed by atoms with Crippen LogP contribution in [0.15, 0.2) is 36.5 Å². The molecule has 1 aliphatic carbocycles. The number of carbonyl (C=O) groups is 1. The molecule has 3 rings (SSSR count). The summed E-state index contributed by atoms with van der Waals surface area (Å²) < 4.78 is 4.65. The number of aryl methyl sites for hydroxylation is 1. The van der Waals surface area contributed by atoms with Gasteiger partial charge >= 0.3 is 5.97 Å². The lowest BCUT2D eigenvalue weighted by Gasteiger charge is -2.26. The van der Waals surface area contributed by atoms with Crippen molar-refractivity contribution in [1.82, 2.24) is 9.97 Å². The van der Waals surface area contributed by atoms with E-state index in [9.17, 15) is 4.79 Å². The highest BCUT2D eigenvalue weighted by Crippen LogP contribution is 2.31. The van der Waals surface area contributed by atoms with Crippen molar-refractivity contribution in [3.63, 3.8) is 0 Å². The van der Waals surface area contributed by atoms with Crippen LogP contribution in [0.1, 0.15) is 40.6 Å². The number of fused-ring (bicyclic) bond motifs is 1. The standard InChI is InChI=1S/C16H17N3O2/c1-21-16(20)15-17-10-9-14(19-15)18-13-8-4-6-11-5-2-3-7-12(11)13/h2-3,5,7,9-10,13H,4,6,8H2,1H3,(H,17,18,19). The van der Waals surface area contributed by atoms with E-state index in [4.69, 9.17) is 0 Å². The molecule has 0 amide bonds. The van der Waals surface area contributed by atoms with Crippen LogP contribution in [0.25, 0.3) is 0 Å². The van der Waals surface area contributed by atoms with Crippen LogP contribution >= 0.6 is 0 Å². The quantitative estimate of drug-likeness (QED) is 0.877. The third-order valence-corrected chi connectivity index (χ3v) is 3.72. The molecule has 1 heterocycles. The smallest absolute Gasteiger partial charge is 0.376 e. The topological polar surface area (TPSA) is 64.1 Å². The van der Waals surface area contributed by atoms with E-state index < -0.39 is 5.97 Å². The average molecular weight is 283 g/mol. The Labute approximate surface area is 123 Å². The number of methoxy groups -OCH3 is 1. The van der Waals surface area contributed by atoms with Gasteiger partial charge < -0.3 is 10.1 Å². The normalized spacial score (nSPS) is 16.9. The van der Waals surface area contributed by atoms with Crippen LogP contribution in [-0.2, 0) is 11.2 Å². The summed E-state index contributed by atoms with van der Waals surface area (Å²) in [6.07, 6.45) is 4.88. The molecule has 1 N–H and O–H groups in total. The highest BCUT2D eigenvalue weighted by atomic mass is 16.5. The maximum Gasteiger partial charge on any atom is 0.376 e. The van der Waals surface area contributed by atoms with Gasteiger partial charge in [0.05, 0.1) is 13.2 Å². The zero-order valence-corrected chi connectivity index (χ0v) is 11.9. The van der Waals surface area contributed by atoms with Crippen LogP contribution in [-0.4, -0.2) is 23.0 Å². The number of nitrogens with zero attached hydrogens (tertiary/aromatic N) is 2. The Bertz CT molecular complexity index is 657. The molecule has 1 aromatic carbocycles. The van der Waals surface area contributed by atoms with Crippen LogP contribution in [0.5, 0.6) is 0 Å². The van der Waals surface area contributed by atoms with E-state index in [-0.39, 0.29) is 11.9 Å². The number of esters is 1. The summed E-state index contributed by atoms with van der Waals surface area (Å²) in [6.45, 7) is 0. The summed E-state index contributed by atoms with van der Waals surface area (Å²) in [6, 6.07) is 10.4. The second kappa shape index (κ2) is 5.91. The summed E-state index contributed by atoms with van der Waals surface area (Å²) >= 11 is 0. The van der Waals surface area contributed by atoms with Crippen LogP contribution < -0.4 is 5.32 Å². The highest BCUT2D eigenvalue weighted by Gasteiger charge is 2.20. The number of nitrogens with one attached hydrogen (secondary N) is 1. The second-order valence-electron chi connectivity index (χ2n) is 5.05. The summed E-state index contributed by atoms with van der Waals surface area (Å²) in [5.41, 5.74) is 2.69. The Morgan fingerprint density at radius 3 is 3.05 bits per heavy atom. The minimum absolute atomic E-state index is 0.0756. The lowest BCUT2D eigenvalue weighted by Crippen LogP contribution is -2.18. The largest absolute Gasteiger partial charge is 0.463 e. The van der Waals surface area contributed by atoms with Crippen molar-refractivity contribution in [2.45, 2.75) is 25.3 Å². The van der Waals surface area contributed by atoms with E-state index >= 15 is 0 Å². The minimum atomic E-state index is -0.525. The molecule has 0 spiro atoms. The molecule has 1 aliphatic rings. The van der Waals surface area contributed by atoms with E-state index in [0.717, 1.165) is 19.3 Å². The molecule has 0 fully saturated rings. The van der Waals surface area contributed by atoms with Crippen molar-refractivity contribution < 1.29 is 9.53 Å². The van der Waals surface area contributed by atoms with Crippen molar-refractivity contribution in [1.29, 1.82) is 0 Å².